The minimum Gasteiger partial charge on any atom is -0.495 e. The van der Waals surface area contributed by atoms with Crippen LogP contribution in [0.2, 0.25) is 5.02 Å². The molecule has 8 nitrogen and oxygen atoms in total. The molecule has 4 rings (SSSR count). The molecule has 9 heteroatoms. The average Bonchev–Trinajstić information content (AvgIpc) is 2.79. The van der Waals surface area contributed by atoms with Gasteiger partial charge in [-0.15, -0.1) is 0 Å². The van der Waals surface area contributed by atoms with Crippen LogP contribution in [-0.2, 0) is 0 Å². The number of piperazine rings is 1. The van der Waals surface area contributed by atoms with Crippen LogP contribution in [0.1, 0.15) is 25.1 Å². The van der Waals surface area contributed by atoms with Crippen LogP contribution >= 0.6 is 11.6 Å². The van der Waals surface area contributed by atoms with Gasteiger partial charge in [-0.05, 0) is 44.4 Å². The minimum absolute atomic E-state index is 0.131. The molecule has 2 aliphatic heterocycles. The van der Waals surface area contributed by atoms with Gasteiger partial charge in [-0.1, -0.05) is 11.6 Å². The molecule has 0 atom stereocenters. The van der Waals surface area contributed by atoms with Gasteiger partial charge in [0.15, 0.2) is 0 Å². The molecule has 1 aromatic heterocycles. The molecule has 0 spiro atoms. The highest BCUT2D eigenvalue weighted by Crippen LogP contribution is 2.27. The Morgan fingerprint density at radius 2 is 1.61 bits per heavy atom. The van der Waals surface area contributed by atoms with Crippen LogP contribution in [0.15, 0.2) is 24.3 Å². The number of hydrogen-bond donors (Lipinski definition) is 1. The summed E-state index contributed by atoms with van der Waals surface area (Å²) in [6, 6.07) is 7.18. The molecule has 0 bridgehead atoms. The van der Waals surface area contributed by atoms with E-state index in [-0.39, 0.29) is 6.03 Å². The molecule has 0 radical (unpaired) electrons. The zero-order valence-corrected chi connectivity index (χ0v) is 18.9. The predicted octanol–water partition coefficient (Wildman–Crippen LogP) is 3.79. The van der Waals surface area contributed by atoms with E-state index < -0.39 is 0 Å². The summed E-state index contributed by atoms with van der Waals surface area (Å²) in [7, 11) is 1.56. The second-order valence-corrected chi connectivity index (χ2v) is 8.34. The predicted molar refractivity (Wildman–Crippen MR) is 124 cm³/mol. The average molecular weight is 445 g/mol. The summed E-state index contributed by atoms with van der Waals surface area (Å²) in [5, 5.41) is 3.38. The molecule has 0 saturated carbocycles. The van der Waals surface area contributed by atoms with Gasteiger partial charge in [0.05, 0.1) is 12.1 Å². The highest BCUT2D eigenvalue weighted by atomic mass is 35.5. The molecule has 31 heavy (non-hydrogen) atoms. The van der Waals surface area contributed by atoms with E-state index in [2.05, 4.69) is 31.2 Å². The highest BCUT2D eigenvalue weighted by molar-refractivity contribution is 6.32. The van der Waals surface area contributed by atoms with Crippen molar-refractivity contribution in [2.24, 2.45) is 0 Å². The molecular formula is C22H29ClN6O2. The standard InChI is InChI=1S/C22H29ClN6O2/c1-16-24-20(27-8-4-3-5-9-27)15-21(25-16)28-10-12-29(13-11-28)22(30)26-17-6-7-19(31-2)18(23)14-17/h6-7,14-15H,3-5,8-13H2,1-2H3,(H,26,30). The highest BCUT2D eigenvalue weighted by Gasteiger charge is 2.23. The number of benzene rings is 1. The van der Waals surface area contributed by atoms with Gasteiger partial charge >= 0.3 is 6.03 Å². The van der Waals surface area contributed by atoms with Crippen molar-refractivity contribution in [1.29, 1.82) is 0 Å². The van der Waals surface area contributed by atoms with Crippen LogP contribution in [0, 0.1) is 6.92 Å². The van der Waals surface area contributed by atoms with Crippen LogP contribution in [0.5, 0.6) is 5.75 Å². The lowest BCUT2D eigenvalue weighted by atomic mass is 10.1. The molecule has 2 aromatic rings. The van der Waals surface area contributed by atoms with Crippen molar-refractivity contribution in [2.75, 3.05) is 61.5 Å². The minimum atomic E-state index is -0.131. The summed E-state index contributed by atoms with van der Waals surface area (Å²) < 4.78 is 5.16. The lowest BCUT2D eigenvalue weighted by Gasteiger charge is -2.36. The van der Waals surface area contributed by atoms with E-state index >= 15 is 0 Å². The molecule has 2 saturated heterocycles. The molecule has 2 aliphatic rings. The number of piperidine rings is 1. The molecule has 1 aromatic carbocycles. The number of ether oxygens (including phenoxy) is 1. The third-order valence-corrected chi connectivity index (χ3v) is 6.08. The van der Waals surface area contributed by atoms with Crippen LogP contribution < -0.4 is 19.9 Å². The van der Waals surface area contributed by atoms with Crippen molar-refractivity contribution >= 4 is 35.0 Å². The van der Waals surface area contributed by atoms with E-state index in [0.717, 1.165) is 43.6 Å². The Hall–Kier alpha value is -2.74. The van der Waals surface area contributed by atoms with Gasteiger partial charge < -0.3 is 24.8 Å². The fraction of sp³-hybridized carbons (Fsp3) is 0.500. The Kier molecular flexibility index (Phi) is 6.65. The summed E-state index contributed by atoms with van der Waals surface area (Å²) in [6.07, 6.45) is 3.72. The van der Waals surface area contributed by atoms with E-state index in [1.165, 1.54) is 19.3 Å². The number of halogens is 1. The summed E-state index contributed by atoms with van der Waals surface area (Å²) in [5.41, 5.74) is 0.649. The molecule has 1 N–H and O–H groups in total. The number of nitrogens with zero attached hydrogens (tertiary/aromatic N) is 5. The van der Waals surface area contributed by atoms with E-state index in [4.69, 9.17) is 16.3 Å². The van der Waals surface area contributed by atoms with E-state index in [9.17, 15) is 4.79 Å². The number of urea groups is 1. The quantitative estimate of drug-likeness (QED) is 0.773. The van der Waals surface area contributed by atoms with Gasteiger partial charge in [0, 0.05) is 51.0 Å². The first-order valence-corrected chi connectivity index (χ1v) is 11.2. The number of anilines is 3. The summed E-state index contributed by atoms with van der Waals surface area (Å²) in [5.74, 6) is 3.32. The Morgan fingerprint density at radius 3 is 2.23 bits per heavy atom. The summed E-state index contributed by atoms with van der Waals surface area (Å²) in [4.78, 5) is 28.4. The van der Waals surface area contributed by atoms with Gasteiger partial charge in [-0.3, -0.25) is 0 Å². The number of rotatable bonds is 4. The lowest BCUT2D eigenvalue weighted by Crippen LogP contribution is -2.50. The Morgan fingerprint density at radius 1 is 0.968 bits per heavy atom. The number of hydrogen-bond acceptors (Lipinski definition) is 6. The lowest BCUT2D eigenvalue weighted by molar-refractivity contribution is 0.208. The summed E-state index contributed by atoms with van der Waals surface area (Å²) in [6.45, 7) is 6.76. The second-order valence-electron chi connectivity index (χ2n) is 7.93. The zero-order valence-electron chi connectivity index (χ0n) is 18.1. The van der Waals surface area contributed by atoms with Crippen molar-refractivity contribution < 1.29 is 9.53 Å². The normalized spacial score (nSPS) is 16.9. The van der Waals surface area contributed by atoms with Gasteiger partial charge in [0.2, 0.25) is 0 Å². The first kappa shape index (κ1) is 21.5. The number of carbonyl (C=O) groups is 1. The molecule has 0 unspecified atom stereocenters. The largest absolute Gasteiger partial charge is 0.495 e. The molecule has 2 amide bonds. The SMILES string of the molecule is COc1ccc(NC(=O)N2CCN(c3cc(N4CCCCC4)nc(C)n3)CC2)cc1Cl. The monoisotopic (exact) mass is 444 g/mol. The maximum atomic E-state index is 12.7. The number of aryl methyl sites for hydroxylation is 1. The molecule has 2 fully saturated rings. The smallest absolute Gasteiger partial charge is 0.321 e. The summed E-state index contributed by atoms with van der Waals surface area (Å²) >= 11 is 6.16. The van der Waals surface area contributed by atoms with Gasteiger partial charge in [-0.25, -0.2) is 14.8 Å². The van der Waals surface area contributed by atoms with Crippen molar-refractivity contribution in [3.05, 3.63) is 35.1 Å². The zero-order chi connectivity index (χ0) is 21.8. The third-order valence-electron chi connectivity index (χ3n) is 5.78. The first-order chi connectivity index (χ1) is 15.0. The molecule has 3 heterocycles. The fourth-order valence-electron chi connectivity index (χ4n) is 4.07. The van der Waals surface area contributed by atoms with Crippen molar-refractivity contribution in [3.8, 4) is 5.75 Å². The molecule has 0 aliphatic carbocycles. The van der Waals surface area contributed by atoms with E-state index in [1.54, 1.807) is 25.3 Å². The number of aromatic nitrogens is 2. The maximum absolute atomic E-state index is 12.7. The topological polar surface area (TPSA) is 73.8 Å². The Balaban J connectivity index is 1.36. The first-order valence-electron chi connectivity index (χ1n) is 10.8. The van der Waals surface area contributed by atoms with Gasteiger partial charge in [0.1, 0.15) is 23.2 Å². The number of methoxy groups -OCH3 is 1. The van der Waals surface area contributed by atoms with Crippen molar-refractivity contribution in [3.63, 3.8) is 0 Å². The Bertz CT molecular complexity index is 926. The van der Waals surface area contributed by atoms with Crippen molar-refractivity contribution in [2.45, 2.75) is 26.2 Å². The number of carbonyl (C=O) groups excluding carboxylic acids is 1. The van der Waals surface area contributed by atoms with Gasteiger partial charge in [0.25, 0.3) is 0 Å². The third kappa shape index (κ3) is 5.12. The van der Waals surface area contributed by atoms with Crippen molar-refractivity contribution in [1.82, 2.24) is 14.9 Å². The number of nitrogens with one attached hydrogen (secondary N) is 1. The van der Waals surface area contributed by atoms with Gasteiger partial charge in [-0.2, -0.15) is 0 Å². The number of amides is 2. The van der Waals surface area contributed by atoms with Crippen LogP contribution in [0.3, 0.4) is 0 Å². The maximum Gasteiger partial charge on any atom is 0.321 e. The Labute approximate surface area is 188 Å². The second kappa shape index (κ2) is 9.60. The van der Waals surface area contributed by atoms with E-state index in [1.807, 2.05) is 11.8 Å². The van der Waals surface area contributed by atoms with Crippen LogP contribution in [0.4, 0.5) is 22.1 Å². The van der Waals surface area contributed by atoms with E-state index in [0.29, 0.717) is 29.5 Å². The van der Waals surface area contributed by atoms with Crippen LogP contribution in [-0.4, -0.2) is 67.3 Å². The fourth-order valence-corrected chi connectivity index (χ4v) is 4.33. The molecule has 166 valence electrons. The molecular weight excluding hydrogens is 416 g/mol. The van der Waals surface area contributed by atoms with Crippen LogP contribution in [0.25, 0.3) is 0 Å².